The van der Waals surface area contributed by atoms with Crippen LogP contribution in [0.1, 0.15) is 60.8 Å². The zero-order valence-corrected chi connectivity index (χ0v) is 16.9. The van der Waals surface area contributed by atoms with Crippen LogP contribution in [0.2, 0.25) is 0 Å². The van der Waals surface area contributed by atoms with Gasteiger partial charge < -0.3 is 9.73 Å². The fraction of sp³-hybridized carbons (Fsp3) is 0.579. The van der Waals surface area contributed by atoms with Crippen molar-refractivity contribution in [1.82, 2.24) is 15.1 Å². The van der Waals surface area contributed by atoms with E-state index in [4.69, 9.17) is 4.42 Å². The number of hydrogen-bond donors (Lipinski definition) is 1. The Bertz CT molecular complexity index is 765. The lowest BCUT2D eigenvalue weighted by Crippen LogP contribution is -2.43. The summed E-state index contributed by atoms with van der Waals surface area (Å²) in [6.07, 6.45) is 3.47. The van der Waals surface area contributed by atoms with Crippen molar-refractivity contribution in [2.24, 2.45) is 11.8 Å². The number of carbonyl (C=O) groups excluding carboxylic acids is 1. The van der Waals surface area contributed by atoms with Gasteiger partial charge in [-0.05, 0) is 60.2 Å². The molecule has 1 amide bonds. The second-order valence-corrected chi connectivity index (χ2v) is 8.05. The Balaban J connectivity index is 1.66. The number of furan rings is 1. The van der Waals surface area contributed by atoms with Gasteiger partial charge in [0.25, 0.3) is 5.91 Å². The SMILES string of the molecule is Cc1nn(Cc2ccc(C(=O)N[C@H]3CCC[C@@H](C)[C@@H]3C)o2)c(C)c1Br. The predicted octanol–water partition coefficient (Wildman–Crippen LogP) is 4.46. The molecule has 0 saturated heterocycles. The van der Waals surface area contributed by atoms with E-state index in [1.807, 2.05) is 24.6 Å². The number of nitrogens with one attached hydrogen (secondary N) is 1. The number of amides is 1. The van der Waals surface area contributed by atoms with Crippen LogP contribution < -0.4 is 5.32 Å². The summed E-state index contributed by atoms with van der Waals surface area (Å²) in [5, 5.41) is 7.63. The first-order valence-corrected chi connectivity index (χ1v) is 9.75. The summed E-state index contributed by atoms with van der Waals surface area (Å²) in [4.78, 5) is 12.5. The van der Waals surface area contributed by atoms with E-state index in [1.54, 1.807) is 6.07 Å². The Morgan fingerprint density at radius 3 is 2.80 bits per heavy atom. The van der Waals surface area contributed by atoms with Gasteiger partial charge in [0.15, 0.2) is 5.76 Å². The molecule has 0 spiro atoms. The van der Waals surface area contributed by atoms with E-state index in [2.05, 4.69) is 40.2 Å². The number of halogens is 1. The van der Waals surface area contributed by atoms with Gasteiger partial charge in [0.2, 0.25) is 0 Å². The van der Waals surface area contributed by atoms with Crippen molar-refractivity contribution in [3.8, 4) is 0 Å². The molecule has 0 radical (unpaired) electrons. The summed E-state index contributed by atoms with van der Waals surface area (Å²) in [5.41, 5.74) is 1.99. The summed E-state index contributed by atoms with van der Waals surface area (Å²) in [7, 11) is 0. The predicted molar refractivity (Wildman–Crippen MR) is 101 cm³/mol. The van der Waals surface area contributed by atoms with E-state index >= 15 is 0 Å². The molecule has 6 heteroatoms. The van der Waals surface area contributed by atoms with Gasteiger partial charge in [-0.2, -0.15) is 5.10 Å². The molecule has 5 nitrogen and oxygen atoms in total. The van der Waals surface area contributed by atoms with Gasteiger partial charge in [0.05, 0.1) is 22.4 Å². The minimum Gasteiger partial charge on any atom is -0.454 e. The molecule has 3 rings (SSSR count). The molecule has 1 aliphatic rings. The largest absolute Gasteiger partial charge is 0.454 e. The van der Waals surface area contributed by atoms with Gasteiger partial charge >= 0.3 is 0 Å². The maximum absolute atomic E-state index is 12.5. The fourth-order valence-corrected chi connectivity index (χ4v) is 3.87. The molecule has 2 aromatic heterocycles. The normalized spacial score (nSPS) is 23.6. The molecule has 1 saturated carbocycles. The van der Waals surface area contributed by atoms with Crippen LogP contribution in [0, 0.1) is 25.7 Å². The van der Waals surface area contributed by atoms with Crippen molar-refractivity contribution in [2.45, 2.75) is 59.5 Å². The number of nitrogens with zero attached hydrogens (tertiary/aromatic N) is 2. The Kier molecular flexibility index (Phi) is 5.37. The second-order valence-electron chi connectivity index (χ2n) is 7.26. The smallest absolute Gasteiger partial charge is 0.287 e. The molecule has 136 valence electrons. The number of hydrogen-bond acceptors (Lipinski definition) is 3. The Morgan fingerprint density at radius 2 is 2.12 bits per heavy atom. The van der Waals surface area contributed by atoms with Gasteiger partial charge in [-0.1, -0.05) is 26.7 Å². The van der Waals surface area contributed by atoms with Crippen LogP contribution >= 0.6 is 15.9 Å². The van der Waals surface area contributed by atoms with Crippen molar-refractivity contribution in [3.05, 3.63) is 39.5 Å². The van der Waals surface area contributed by atoms with Gasteiger partial charge in [0, 0.05) is 6.04 Å². The van der Waals surface area contributed by atoms with E-state index in [-0.39, 0.29) is 11.9 Å². The molecule has 0 bridgehead atoms. The van der Waals surface area contributed by atoms with Crippen LogP contribution in [0.15, 0.2) is 21.0 Å². The molecule has 2 aromatic rings. The highest BCUT2D eigenvalue weighted by Gasteiger charge is 2.29. The van der Waals surface area contributed by atoms with Gasteiger partial charge in [-0.3, -0.25) is 9.48 Å². The van der Waals surface area contributed by atoms with Gasteiger partial charge in [-0.25, -0.2) is 0 Å². The Labute approximate surface area is 157 Å². The molecule has 1 fully saturated rings. The maximum Gasteiger partial charge on any atom is 0.287 e. The van der Waals surface area contributed by atoms with Crippen molar-refractivity contribution < 1.29 is 9.21 Å². The zero-order chi connectivity index (χ0) is 18.1. The molecule has 25 heavy (non-hydrogen) atoms. The van der Waals surface area contributed by atoms with Crippen molar-refractivity contribution in [3.63, 3.8) is 0 Å². The second kappa shape index (κ2) is 7.36. The summed E-state index contributed by atoms with van der Waals surface area (Å²) in [6, 6.07) is 3.84. The van der Waals surface area contributed by atoms with Gasteiger partial charge in [0.1, 0.15) is 5.76 Å². The minimum atomic E-state index is -0.119. The Hall–Kier alpha value is -1.56. The summed E-state index contributed by atoms with van der Waals surface area (Å²) in [6.45, 7) is 8.97. The average Bonchev–Trinajstić information content (AvgIpc) is 3.13. The quantitative estimate of drug-likeness (QED) is 0.813. The first-order valence-electron chi connectivity index (χ1n) is 8.96. The zero-order valence-electron chi connectivity index (χ0n) is 15.3. The average molecular weight is 408 g/mol. The molecular weight excluding hydrogens is 382 g/mol. The first kappa shape index (κ1) is 18.2. The molecular formula is C19H26BrN3O2. The van der Waals surface area contributed by atoms with Crippen LogP contribution in [0.5, 0.6) is 0 Å². The van der Waals surface area contributed by atoms with E-state index in [1.165, 1.54) is 12.8 Å². The third-order valence-corrected chi connectivity index (χ3v) is 6.66. The lowest BCUT2D eigenvalue weighted by molar-refractivity contribution is 0.0861. The van der Waals surface area contributed by atoms with Crippen LogP contribution in [-0.4, -0.2) is 21.7 Å². The third-order valence-electron chi connectivity index (χ3n) is 5.51. The summed E-state index contributed by atoms with van der Waals surface area (Å²) >= 11 is 3.53. The lowest BCUT2D eigenvalue weighted by Gasteiger charge is -2.34. The maximum atomic E-state index is 12.5. The number of carbonyl (C=O) groups is 1. The number of aromatic nitrogens is 2. The van der Waals surface area contributed by atoms with E-state index in [0.717, 1.165) is 28.0 Å². The molecule has 1 aliphatic carbocycles. The highest BCUT2D eigenvalue weighted by Crippen LogP contribution is 2.29. The van der Waals surface area contributed by atoms with Crippen molar-refractivity contribution in [1.29, 1.82) is 0 Å². The highest BCUT2D eigenvalue weighted by atomic mass is 79.9. The monoisotopic (exact) mass is 407 g/mol. The molecule has 3 atom stereocenters. The van der Waals surface area contributed by atoms with Crippen LogP contribution in [0.25, 0.3) is 0 Å². The molecule has 0 unspecified atom stereocenters. The summed E-state index contributed by atoms with van der Waals surface area (Å²) < 4.78 is 8.66. The lowest BCUT2D eigenvalue weighted by atomic mass is 9.78. The van der Waals surface area contributed by atoms with E-state index in [0.29, 0.717) is 24.1 Å². The summed E-state index contributed by atoms with van der Waals surface area (Å²) in [5.74, 6) is 2.14. The number of aryl methyl sites for hydroxylation is 1. The fourth-order valence-electron chi connectivity index (χ4n) is 3.59. The van der Waals surface area contributed by atoms with E-state index < -0.39 is 0 Å². The topological polar surface area (TPSA) is 60.1 Å². The molecule has 0 aliphatic heterocycles. The molecule has 1 N–H and O–H groups in total. The van der Waals surface area contributed by atoms with Crippen molar-refractivity contribution in [2.75, 3.05) is 0 Å². The van der Waals surface area contributed by atoms with E-state index in [9.17, 15) is 4.79 Å². The van der Waals surface area contributed by atoms with Crippen LogP contribution in [0.4, 0.5) is 0 Å². The van der Waals surface area contributed by atoms with Crippen LogP contribution in [0.3, 0.4) is 0 Å². The minimum absolute atomic E-state index is 0.119. The molecule has 0 aromatic carbocycles. The van der Waals surface area contributed by atoms with Crippen LogP contribution in [-0.2, 0) is 6.54 Å². The van der Waals surface area contributed by atoms with Crippen molar-refractivity contribution >= 4 is 21.8 Å². The standard InChI is InChI=1S/C19H26BrN3O2/c1-11-6-5-7-16(12(11)2)21-19(24)17-9-8-15(25-17)10-23-14(4)18(20)13(3)22-23/h8-9,11-12,16H,5-7,10H2,1-4H3,(H,21,24)/t11-,12+,16+/m1/s1. The Morgan fingerprint density at radius 1 is 1.36 bits per heavy atom. The van der Waals surface area contributed by atoms with Gasteiger partial charge in [-0.15, -0.1) is 0 Å². The highest BCUT2D eigenvalue weighted by molar-refractivity contribution is 9.10. The first-order chi connectivity index (χ1) is 11.9. The number of rotatable bonds is 4. The molecule has 2 heterocycles. The third kappa shape index (κ3) is 3.84.